The number of ether oxygens (including phenoxy) is 2. The first-order chi connectivity index (χ1) is 17.6. The highest BCUT2D eigenvalue weighted by Crippen LogP contribution is 2.43. The molecule has 1 aromatic carbocycles. The van der Waals surface area contributed by atoms with Crippen LogP contribution in [-0.2, 0) is 4.74 Å². The molecule has 0 unspecified atom stereocenters. The van der Waals surface area contributed by atoms with Gasteiger partial charge in [0, 0.05) is 6.61 Å². The molecule has 0 amide bonds. The molecule has 202 valence electrons. The quantitative estimate of drug-likeness (QED) is 0.297. The van der Waals surface area contributed by atoms with Gasteiger partial charge in [-0.2, -0.15) is 4.39 Å². The van der Waals surface area contributed by atoms with E-state index in [2.05, 4.69) is 19.1 Å². The Morgan fingerprint density at radius 3 is 2.06 bits per heavy atom. The Morgan fingerprint density at radius 2 is 1.44 bits per heavy atom. The first-order valence-electron chi connectivity index (χ1n) is 14.9. The molecule has 0 radical (unpaired) electrons. The molecule has 0 saturated heterocycles. The molecule has 0 bridgehead atoms. The molecule has 0 atom stereocenters. The van der Waals surface area contributed by atoms with E-state index in [1.54, 1.807) is 19.1 Å². The van der Waals surface area contributed by atoms with Crippen LogP contribution in [0.2, 0.25) is 0 Å². The Labute approximate surface area is 218 Å². The number of hydrogen-bond acceptors (Lipinski definition) is 2. The summed E-state index contributed by atoms with van der Waals surface area (Å²) in [6.45, 7) is 5.11. The molecule has 3 fully saturated rings. The Hall–Kier alpha value is -1.42. The standard InChI is InChI=1S/C32H48F2O2/c1-3-5-6-7-23-8-12-25(13-9-23)26-14-10-24(11-15-26)22-36-28-18-16-27(17-19-28)29-20-21-30(35-4-2)32(34)31(29)33/h3,5,20-21,23-28H,4,6-19,22H2,1-2H3/b5-3+. The summed E-state index contributed by atoms with van der Waals surface area (Å²) < 4.78 is 40.5. The van der Waals surface area contributed by atoms with Crippen molar-refractivity contribution in [2.24, 2.45) is 23.7 Å². The molecule has 36 heavy (non-hydrogen) atoms. The number of rotatable bonds is 10. The maximum Gasteiger partial charge on any atom is 0.200 e. The fraction of sp³-hybridized carbons (Fsp3) is 0.750. The van der Waals surface area contributed by atoms with Crippen molar-refractivity contribution in [3.8, 4) is 5.75 Å². The van der Waals surface area contributed by atoms with Crippen molar-refractivity contribution in [2.45, 2.75) is 116 Å². The summed E-state index contributed by atoms with van der Waals surface area (Å²) in [4.78, 5) is 0. The number of allylic oxidation sites excluding steroid dienone is 2. The average molecular weight is 503 g/mol. The van der Waals surface area contributed by atoms with Gasteiger partial charge in [-0.3, -0.25) is 0 Å². The second kappa shape index (κ2) is 13.9. The highest BCUT2D eigenvalue weighted by molar-refractivity contribution is 5.33. The molecule has 3 aliphatic carbocycles. The number of hydrogen-bond donors (Lipinski definition) is 0. The van der Waals surface area contributed by atoms with Gasteiger partial charge in [0.1, 0.15) is 0 Å². The van der Waals surface area contributed by atoms with Crippen molar-refractivity contribution < 1.29 is 18.3 Å². The molecule has 0 aromatic heterocycles. The molecular formula is C32H48F2O2. The average Bonchev–Trinajstić information content (AvgIpc) is 2.92. The Bertz CT molecular complexity index is 814. The van der Waals surface area contributed by atoms with E-state index in [0.29, 0.717) is 18.1 Å². The minimum absolute atomic E-state index is 0.0123. The van der Waals surface area contributed by atoms with Gasteiger partial charge in [0.25, 0.3) is 0 Å². The monoisotopic (exact) mass is 502 g/mol. The summed E-state index contributed by atoms with van der Waals surface area (Å²) in [6.07, 6.45) is 22.2. The van der Waals surface area contributed by atoms with E-state index >= 15 is 0 Å². The van der Waals surface area contributed by atoms with E-state index in [1.165, 1.54) is 64.2 Å². The zero-order chi connectivity index (χ0) is 25.3. The van der Waals surface area contributed by atoms with Crippen molar-refractivity contribution in [2.75, 3.05) is 13.2 Å². The van der Waals surface area contributed by atoms with Crippen molar-refractivity contribution >= 4 is 0 Å². The molecular weight excluding hydrogens is 454 g/mol. The van der Waals surface area contributed by atoms with Gasteiger partial charge in [-0.25, -0.2) is 4.39 Å². The summed E-state index contributed by atoms with van der Waals surface area (Å²) in [5.74, 6) is 2.08. The minimum atomic E-state index is -0.847. The first-order valence-corrected chi connectivity index (χ1v) is 14.9. The van der Waals surface area contributed by atoms with Crippen LogP contribution in [0.15, 0.2) is 24.3 Å². The Morgan fingerprint density at radius 1 is 0.806 bits per heavy atom. The smallest absolute Gasteiger partial charge is 0.200 e. The molecule has 1 aromatic rings. The van der Waals surface area contributed by atoms with Crippen LogP contribution in [0.3, 0.4) is 0 Å². The van der Waals surface area contributed by atoms with Crippen LogP contribution in [0.4, 0.5) is 8.78 Å². The van der Waals surface area contributed by atoms with Gasteiger partial charge in [0.05, 0.1) is 12.7 Å². The largest absolute Gasteiger partial charge is 0.491 e. The second-order valence-corrected chi connectivity index (χ2v) is 11.7. The molecule has 3 saturated carbocycles. The summed E-state index contributed by atoms with van der Waals surface area (Å²) >= 11 is 0. The van der Waals surface area contributed by atoms with Crippen LogP contribution >= 0.6 is 0 Å². The first kappa shape index (κ1) is 27.6. The lowest BCUT2D eigenvalue weighted by Gasteiger charge is -2.38. The van der Waals surface area contributed by atoms with Crippen molar-refractivity contribution in [1.29, 1.82) is 0 Å². The van der Waals surface area contributed by atoms with Crippen molar-refractivity contribution in [3.05, 3.63) is 41.5 Å². The lowest BCUT2D eigenvalue weighted by atomic mass is 9.69. The van der Waals surface area contributed by atoms with E-state index in [4.69, 9.17) is 9.47 Å². The summed E-state index contributed by atoms with van der Waals surface area (Å²) in [7, 11) is 0. The highest BCUT2D eigenvalue weighted by atomic mass is 19.2. The van der Waals surface area contributed by atoms with E-state index < -0.39 is 11.6 Å². The van der Waals surface area contributed by atoms with Crippen molar-refractivity contribution in [3.63, 3.8) is 0 Å². The van der Waals surface area contributed by atoms with E-state index in [9.17, 15) is 8.78 Å². The third-order valence-corrected chi connectivity index (χ3v) is 9.49. The fourth-order valence-corrected chi connectivity index (χ4v) is 7.21. The van der Waals surface area contributed by atoms with Crippen LogP contribution in [0, 0.1) is 35.3 Å². The lowest BCUT2D eigenvalue weighted by molar-refractivity contribution is -0.00790. The zero-order valence-corrected chi connectivity index (χ0v) is 22.7. The highest BCUT2D eigenvalue weighted by Gasteiger charge is 2.32. The van der Waals surface area contributed by atoms with Crippen LogP contribution < -0.4 is 4.74 Å². The maximum atomic E-state index is 14.6. The normalized spacial score (nSPS) is 31.6. The zero-order valence-electron chi connectivity index (χ0n) is 22.7. The van der Waals surface area contributed by atoms with Crippen LogP contribution in [0.25, 0.3) is 0 Å². The fourth-order valence-electron chi connectivity index (χ4n) is 7.21. The van der Waals surface area contributed by atoms with Crippen LogP contribution in [0.1, 0.15) is 115 Å². The van der Waals surface area contributed by atoms with E-state index in [-0.39, 0.29) is 17.8 Å². The third-order valence-electron chi connectivity index (χ3n) is 9.49. The van der Waals surface area contributed by atoms with Gasteiger partial charge in [0.2, 0.25) is 5.82 Å². The van der Waals surface area contributed by atoms with E-state index in [0.717, 1.165) is 50.0 Å². The molecule has 0 spiro atoms. The second-order valence-electron chi connectivity index (χ2n) is 11.7. The SMILES string of the molecule is C/C=C/CCC1CCC(C2CCC(COC3CCC(c4ccc(OCC)c(F)c4F)CC3)CC2)CC1. The van der Waals surface area contributed by atoms with Gasteiger partial charge in [-0.05, 0) is 132 Å². The van der Waals surface area contributed by atoms with E-state index in [1.807, 2.05) is 0 Å². The topological polar surface area (TPSA) is 18.5 Å². The van der Waals surface area contributed by atoms with Crippen LogP contribution in [-0.4, -0.2) is 19.3 Å². The van der Waals surface area contributed by atoms with Crippen molar-refractivity contribution in [1.82, 2.24) is 0 Å². The summed E-state index contributed by atoms with van der Waals surface area (Å²) in [5, 5.41) is 0. The maximum absolute atomic E-state index is 14.6. The molecule has 0 N–H and O–H groups in total. The third kappa shape index (κ3) is 7.33. The Balaban J connectivity index is 1.13. The molecule has 2 nitrogen and oxygen atoms in total. The predicted molar refractivity (Wildman–Crippen MR) is 143 cm³/mol. The van der Waals surface area contributed by atoms with Gasteiger partial charge in [0.15, 0.2) is 11.6 Å². The predicted octanol–water partition coefficient (Wildman–Crippen LogP) is 9.38. The minimum Gasteiger partial charge on any atom is -0.491 e. The summed E-state index contributed by atoms with van der Waals surface area (Å²) in [5.41, 5.74) is 0.500. The Kier molecular flexibility index (Phi) is 10.7. The lowest BCUT2D eigenvalue weighted by Crippen LogP contribution is -2.29. The van der Waals surface area contributed by atoms with Gasteiger partial charge >= 0.3 is 0 Å². The van der Waals surface area contributed by atoms with Gasteiger partial charge in [-0.15, -0.1) is 0 Å². The van der Waals surface area contributed by atoms with Gasteiger partial charge in [-0.1, -0.05) is 31.1 Å². The van der Waals surface area contributed by atoms with Crippen LogP contribution in [0.5, 0.6) is 5.75 Å². The number of halogens is 2. The molecule has 4 heteroatoms. The number of benzene rings is 1. The molecule has 0 aliphatic heterocycles. The molecule has 4 rings (SSSR count). The molecule has 0 heterocycles. The summed E-state index contributed by atoms with van der Waals surface area (Å²) in [6, 6.07) is 3.29. The molecule has 3 aliphatic rings. The van der Waals surface area contributed by atoms with Gasteiger partial charge < -0.3 is 9.47 Å².